The molecule has 1 heterocycles. The molecule has 4 aromatic rings. The van der Waals surface area contributed by atoms with Gasteiger partial charge in [0.05, 0.1) is 11.2 Å². The average Bonchev–Trinajstić information content (AvgIpc) is 3.70. The van der Waals surface area contributed by atoms with E-state index in [1.54, 1.807) is 0 Å². The molecule has 0 amide bonds. The summed E-state index contributed by atoms with van der Waals surface area (Å²) in [4.78, 5) is 16.1. The summed E-state index contributed by atoms with van der Waals surface area (Å²) in [5.74, 6) is -0.112. The van der Waals surface area contributed by atoms with Gasteiger partial charge in [0.1, 0.15) is 0 Å². The summed E-state index contributed by atoms with van der Waals surface area (Å²) >= 11 is 8.05. The second kappa shape index (κ2) is 14.2. The van der Waals surface area contributed by atoms with Crippen LogP contribution in [0, 0.1) is 5.41 Å². The summed E-state index contributed by atoms with van der Waals surface area (Å²) in [5, 5.41) is 13.3. The third-order valence-corrected chi connectivity index (χ3v) is 9.55. The number of benzene rings is 3. The molecule has 41 heavy (non-hydrogen) atoms. The van der Waals surface area contributed by atoms with Crippen LogP contribution in [0.2, 0.25) is 5.02 Å². The van der Waals surface area contributed by atoms with E-state index in [1.165, 1.54) is 16.7 Å². The van der Waals surface area contributed by atoms with Gasteiger partial charge in [-0.25, -0.2) is 4.98 Å². The van der Waals surface area contributed by atoms with Gasteiger partial charge in [0.25, 0.3) is 0 Å². The SMILES string of the molecule is C=C(C)c1ccccc1CC[C@@H](SCC1(CC(=O)[O-])CC1)c1cccc(/C=C/c2ccc3ccc(Cl)cc3n2)c1.[Na+]. The molecule has 0 saturated heterocycles. The zero-order chi connectivity index (χ0) is 28.1. The molecule has 0 N–H and O–H groups in total. The number of carboxylic acids is 1. The van der Waals surface area contributed by atoms with Crippen LogP contribution in [-0.4, -0.2) is 16.7 Å². The normalized spacial score (nSPS) is 14.5. The number of hydrogen-bond acceptors (Lipinski definition) is 4. The Morgan fingerprint density at radius 2 is 1.85 bits per heavy atom. The fourth-order valence-corrected chi connectivity index (χ4v) is 6.90. The van der Waals surface area contributed by atoms with Gasteiger partial charge in [0, 0.05) is 21.6 Å². The van der Waals surface area contributed by atoms with Gasteiger partial charge in [0.2, 0.25) is 0 Å². The van der Waals surface area contributed by atoms with E-state index in [2.05, 4.69) is 74.2 Å². The minimum absolute atomic E-state index is 0. The minimum Gasteiger partial charge on any atom is -0.550 e. The molecule has 1 atom stereocenters. The first-order valence-electron chi connectivity index (χ1n) is 13.7. The Bertz CT molecular complexity index is 1580. The van der Waals surface area contributed by atoms with Crippen molar-refractivity contribution < 1.29 is 39.5 Å². The van der Waals surface area contributed by atoms with Gasteiger partial charge < -0.3 is 9.90 Å². The Hall–Kier alpha value is -2.34. The number of pyridine rings is 1. The van der Waals surface area contributed by atoms with E-state index in [1.807, 2.05) is 42.1 Å². The fourth-order valence-electron chi connectivity index (χ4n) is 5.16. The van der Waals surface area contributed by atoms with Gasteiger partial charge in [-0.2, -0.15) is 11.8 Å². The Morgan fingerprint density at radius 3 is 2.61 bits per heavy atom. The molecular weight excluding hydrogens is 557 g/mol. The van der Waals surface area contributed by atoms with Crippen molar-refractivity contribution in [3.8, 4) is 0 Å². The second-order valence-electron chi connectivity index (χ2n) is 10.9. The van der Waals surface area contributed by atoms with Crippen LogP contribution >= 0.6 is 23.4 Å². The monoisotopic (exact) mass is 589 g/mol. The summed E-state index contributed by atoms with van der Waals surface area (Å²) in [5.41, 5.74) is 7.58. The standard InChI is InChI=1S/C35H34ClNO2S.Na/c1-24(2)31-9-4-3-7-26(31)13-17-33(40-23-35(18-19-35)22-34(38)39)28-8-5-6-25(20-28)10-15-30-16-12-27-11-14-29(36)21-32(27)37-30;/h3-12,14-16,20-21,33H,1,13,17-19,22-23H2,2H3,(H,38,39);/q;+1/p-1/b15-10+;/t33-;/m1./s1. The zero-order valence-corrected chi connectivity index (χ0v) is 27.3. The molecule has 3 nitrogen and oxygen atoms in total. The predicted molar refractivity (Wildman–Crippen MR) is 168 cm³/mol. The molecule has 0 spiro atoms. The van der Waals surface area contributed by atoms with Crippen molar-refractivity contribution in [2.45, 2.75) is 44.3 Å². The molecule has 204 valence electrons. The molecular formula is C35H33ClNNaO2S. The average molecular weight is 590 g/mol. The van der Waals surface area contributed by atoms with Crippen LogP contribution in [0.3, 0.4) is 0 Å². The summed E-state index contributed by atoms with van der Waals surface area (Å²) < 4.78 is 0. The van der Waals surface area contributed by atoms with Gasteiger partial charge in [-0.3, -0.25) is 0 Å². The van der Waals surface area contributed by atoms with Gasteiger partial charge in [-0.1, -0.05) is 90.5 Å². The quantitative estimate of drug-likeness (QED) is 0.207. The van der Waals surface area contributed by atoms with E-state index in [0.717, 1.165) is 59.2 Å². The maximum absolute atomic E-state index is 11.4. The Balaban J connectivity index is 0.00000387. The minimum atomic E-state index is -0.943. The van der Waals surface area contributed by atoms with E-state index in [4.69, 9.17) is 16.6 Å². The van der Waals surface area contributed by atoms with Gasteiger partial charge in [-0.05, 0) is 96.7 Å². The number of thioether (sulfide) groups is 1. The molecule has 5 rings (SSSR count). The first-order valence-corrected chi connectivity index (χ1v) is 15.1. The number of aryl methyl sites for hydroxylation is 1. The number of aliphatic carboxylic acids is 1. The number of carboxylic acid groups (broad SMARTS) is 1. The summed E-state index contributed by atoms with van der Waals surface area (Å²) in [6.45, 7) is 6.22. The third-order valence-electron chi connectivity index (χ3n) is 7.62. The number of nitrogens with zero attached hydrogens (tertiary/aromatic N) is 1. The molecule has 6 heteroatoms. The maximum atomic E-state index is 11.4. The largest absolute Gasteiger partial charge is 1.00 e. The van der Waals surface area contributed by atoms with Crippen molar-refractivity contribution in [2.24, 2.45) is 5.41 Å². The van der Waals surface area contributed by atoms with Crippen LogP contribution in [0.15, 0.2) is 85.4 Å². The number of aromatic nitrogens is 1. The van der Waals surface area contributed by atoms with Crippen LogP contribution in [0.1, 0.15) is 65.8 Å². The number of rotatable bonds is 12. The topological polar surface area (TPSA) is 53.0 Å². The Morgan fingerprint density at radius 1 is 1.07 bits per heavy atom. The Kier molecular flexibility index (Phi) is 11.0. The van der Waals surface area contributed by atoms with Crippen LogP contribution in [-0.2, 0) is 11.2 Å². The van der Waals surface area contributed by atoms with Crippen molar-refractivity contribution >= 4 is 58.0 Å². The molecule has 0 unspecified atom stereocenters. The molecule has 1 aliphatic rings. The first-order chi connectivity index (χ1) is 19.3. The number of fused-ring (bicyclic) bond motifs is 1. The number of hydrogen-bond donors (Lipinski definition) is 0. The summed E-state index contributed by atoms with van der Waals surface area (Å²) in [7, 11) is 0. The van der Waals surface area contributed by atoms with Crippen molar-refractivity contribution in [3.05, 3.63) is 118 Å². The number of carbonyl (C=O) groups is 1. The van der Waals surface area contributed by atoms with Gasteiger partial charge >= 0.3 is 29.6 Å². The second-order valence-corrected chi connectivity index (χ2v) is 12.5. The van der Waals surface area contributed by atoms with Gasteiger partial charge in [-0.15, -0.1) is 0 Å². The molecule has 1 saturated carbocycles. The summed E-state index contributed by atoms with van der Waals surface area (Å²) in [6, 6.07) is 26.9. The van der Waals surface area contributed by atoms with E-state index in [9.17, 15) is 9.90 Å². The molecule has 0 radical (unpaired) electrons. The Labute approximate surface area is 274 Å². The zero-order valence-electron chi connectivity index (χ0n) is 23.7. The molecule has 0 aliphatic heterocycles. The number of halogens is 1. The third kappa shape index (κ3) is 8.59. The first kappa shape index (κ1) is 31.6. The molecule has 1 fully saturated rings. The van der Waals surface area contributed by atoms with Crippen LogP contribution in [0.4, 0.5) is 0 Å². The van der Waals surface area contributed by atoms with Crippen molar-refractivity contribution in [3.63, 3.8) is 0 Å². The van der Waals surface area contributed by atoms with Crippen molar-refractivity contribution in [1.82, 2.24) is 4.98 Å². The molecule has 1 aliphatic carbocycles. The van der Waals surface area contributed by atoms with Crippen molar-refractivity contribution in [2.75, 3.05) is 5.75 Å². The van der Waals surface area contributed by atoms with E-state index in [-0.39, 0.29) is 46.6 Å². The summed E-state index contributed by atoms with van der Waals surface area (Å²) in [6.07, 6.45) is 8.09. The van der Waals surface area contributed by atoms with E-state index in [0.29, 0.717) is 5.02 Å². The predicted octanol–water partition coefficient (Wildman–Crippen LogP) is 5.42. The molecule has 0 bridgehead atoms. The van der Waals surface area contributed by atoms with E-state index >= 15 is 0 Å². The smallest absolute Gasteiger partial charge is 0.550 e. The van der Waals surface area contributed by atoms with Crippen LogP contribution in [0.5, 0.6) is 0 Å². The van der Waals surface area contributed by atoms with Crippen LogP contribution in [0.25, 0.3) is 28.6 Å². The number of carbonyl (C=O) groups excluding carboxylic acids is 1. The molecule has 1 aromatic heterocycles. The molecule has 3 aromatic carbocycles. The maximum Gasteiger partial charge on any atom is 1.00 e. The van der Waals surface area contributed by atoms with Crippen LogP contribution < -0.4 is 34.7 Å². The van der Waals surface area contributed by atoms with Gasteiger partial charge in [0.15, 0.2) is 0 Å². The fraction of sp³-hybridized carbons (Fsp3) is 0.257. The van der Waals surface area contributed by atoms with E-state index < -0.39 is 5.97 Å². The number of allylic oxidation sites excluding steroid dienone is 1. The van der Waals surface area contributed by atoms with Crippen molar-refractivity contribution in [1.29, 1.82) is 0 Å².